The third-order valence-corrected chi connectivity index (χ3v) is 6.21. The summed E-state index contributed by atoms with van der Waals surface area (Å²) in [6.45, 7) is 2.27. The smallest absolute Gasteiger partial charge is 0.321 e. The predicted octanol–water partition coefficient (Wildman–Crippen LogP) is 4.27. The highest BCUT2D eigenvalue weighted by Crippen LogP contribution is 2.40. The third kappa shape index (κ3) is 4.19. The minimum atomic E-state index is -0.0369. The molecule has 1 spiro atoms. The van der Waals surface area contributed by atoms with Gasteiger partial charge in [0, 0.05) is 31.7 Å². The number of benzene rings is 2. The molecular weight excluding hydrogens is 350 g/mol. The van der Waals surface area contributed by atoms with Gasteiger partial charge in [-0.25, -0.2) is 4.79 Å². The van der Waals surface area contributed by atoms with Crippen molar-refractivity contribution in [2.75, 3.05) is 25.0 Å². The molecule has 2 aliphatic rings. The Balaban J connectivity index is 1.33. The van der Waals surface area contributed by atoms with Crippen molar-refractivity contribution in [3.8, 4) is 11.1 Å². The van der Waals surface area contributed by atoms with Crippen LogP contribution in [0.4, 0.5) is 10.5 Å². The van der Waals surface area contributed by atoms with Crippen LogP contribution in [0.1, 0.15) is 32.1 Å². The van der Waals surface area contributed by atoms with Crippen LogP contribution in [-0.2, 0) is 4.79 Å². The fraction of sp³-hybridized carbons (Fsp3) is 0.391. The number of nitrogens with one attached hydrogen (secondary N) is 2. The Hall–Kier alpha value is -2.82. The number of hydrogen-bond donors (Lipinski definition) is 2. The Morgan fingerprint density at radius 2 is 1.57 bits per heavy atom. The average molecular weight is 377 g/mol. The predicted molar refractivity (Wildman–Crippen MR) is 111 cm³/mol. The highest BCUT2D eigenvalue weighted by atomic mass is 16.2. The Morgan fingerprint density at radius 1 is 0.893 bits per heavy atom. The lowest BCUT2D eigenvalue weighted by Gasteiger charge is -2.41. The number of rotatable bonds is 2. The van der Waals surface area contributed by atoms with Gasteiger partial charge < -0.3 is 15.5 Å². The molecule has 2 heterocycles. The van der Waals surface area contributed by atoms with Gasteiger partial charge in [-0.3, -0.25) is 4.79 Å². The van der Waals surface area contributed by atoms with E-state index in [1.165, 1.54) is 0 Å². The van der Waals surface area contributed by atoms with Crippen molar-refractivity contribution in [1.29, 1.82) is 0 Å². The van der Waals surface area contributed by atoms with Gasteiger partial charge in [0.1, 0.15) is 0 Å². The lowest BCUT2D eigenvalue weighted by Crippen LogP contribution is -2.45. The molecule has 5 heteroatoms. The zero-order valence-corrected chi connectivity index (χ0v) is 16.1. The second-order valence-corrected chi connectivity index (χ2v) is 7.96. The summed E-state index contributed by atoms with van der Waals surface area (Å²) in [5, 5.41) is 5.99. The first-order valence-corrected chi connectivity index (χ1v) is 10.1. The first kappa shape index (κ1) is 18.5. The lowest BCUT2D eigenvalue weighted by atomic mass is 9.73. The molecule has 0 aromatic heterocycles. The Bertz CT molecular complexity index is 825. The van der Waals surface area contributed by atoms with Crippen LogP contribution in [0.3, 0.4) is 0 Å². The molecule has 28 heavy (non-hydrogen) atoms. The number of anilines is 1. The quantitative estimate of drug-likeness (QED) is 0.821. The van der Waals surface area contributed by atoms with Gasteiger partial charge in [0.05, 0.1) is 0 Å². The maximum absolute atomic E-state index is 12.7. The van der Waals surface area contributed by atoms with E-state index in [1.54, 1.807) is 0 Å². The molecule has 2 aromatic rings. The van der Waals surface area contributed by atoms with Crippen molar-refractivity contribution in [2.45, 2.75) is 32.1 Å². The summed E-state index contributed by atoms with van der Waals surface area (Å²) in [6.07, 6.45) is 4.52. The normalized spacial score (nSPS) is 19.0. The van der Waals surface area contributed by atoms with E-state index in [0.29, 0.717) is 6.42 Å². The summed E-state index contributed by atoms with van der Waals surface area (Å²) in [4.78, 5) is 26.2. The lowest BCUT2D eigenvalue weighted by molar-refractivity contribution is -0.121. The first-order valence-electron chi connectivity index (χ1n) is 10.1. The van der Waals surface area contributed by atoms with E-state index in [-0.39, 0.29) is 17.4 Å². The maximum atomic E-state index is 12.7. The molecule has 0 radical (unpaired) electrons. The molecule has 3 amide bonds. The van der Waals surface area contributed by atoms with Gasteiger partial charge in [-0.1, -0.05) is 42.5 Å². The molecular formula is C23H27N3O2. The number of urea groups is 1. The molecule has 2 aliphatic heterocycles. The van der Waals surface area contributed by atoms with Gasteiger partial charge in [0.25, 0.3) is 0 Å². The molecule has 2 N–H and O–H groups in total. The second kappa shape index (κ2) is 8.05. The third-order valence-electron chi connectivity index (χ3n) is 6.21. The Labute approximate surface area is 166 Å². The summed E-state index contributed by atoms with van der Waals surface area (Å²) >= 11 is 0. The van der Waals surface area contributed by atoms with Crippen molar-refractivity contribution >= 4 is 17.6 Å². The van der Waals surface area contributed by atoms with Crippen LogP contribution in [0, 0.1) is 5.41 Å². The van der Waals surface area contributed by atoms with Crippen molar-refractivity contribution in [2.24, 2.45) is 5.41 Å². The van der Waals surface area contributed by atoms with Gasteiger partial charge in [-0.2, -0.15) is 0 Å². The van der Waals surface area contributed by atoms with Gasteiger partial charge in [-0.05, 0) is 54.4 Å². The van der Waals surface area contributed by atoms with E-state index in [9.17, 15) is 9.59 Å². The fourth-order valence-electron chi connectivity index (χ4n) is 4.32. The molecule has 0 atom stereocenters. The van der Waals surface area contributed by atoms with E-state index in [2.05, 4.69) is 22.8 Å². The molecule has 0 aliphatic carbocycles. The standard InChI is InChI=1S/C23H27N3O2/c27-21-10-11-23(12-15-24-21)13-16-26(17-14-23)22(28)25-20-8-6-19(7-9-20)18-4-2-1-3-5-18/h1-9H,10-17H2,(H,24,27)(H,25,28). The summed E-state index contributed by atoms with van der Waals surface area (Å²) in [5.41, 5.74) is 3.33. The summed E-state index contributed by atoms with van der Waals surface area (Å²) in [7, 11) is 0. The maximum Gasteiger partial charge on any atom is 0.321 e. The fourth-order valence-corrected chi connectivity index (χ4v) is 4.32. The Morgan fingerprint density at radius 3 is 2.29 bits per heavy atom. The highest BCUT2D eigenvalue weighted by Gasteiger charge is 2.37. The largest absolute Gasteiger partial charge is 0.356 e. The van der Waals surface area contributed by atoms with Crippen LogP contribution < -0.4 is 10.6 Å². The van der Waals surface area contributed by atoms with Gasteiger partial charge in [0.15, 0.2) is 0 Å². The van der Waals surface area contributed by atoms with E-state index < -0.39 is 0 Å². The zero-order valence-electron chi connectivity index (χ0n) is 16.1. The van der Waals surface area contributed by atoms with Crippen molar-refractivity contribution < 1.29 is 9.59 Å². The molecule has 4 rings (SSSR count). The van der Waals surface area contributed by atoms with Crippen LogP contribution in [0.5, 0.6) is 0 Å². The molecule has 0 saturated carbocycles. The minimum Gasteiger partial charge on any atom is -0.356 e. The summed E-state index contributed by atoms with van der Waals surface area (Å²) < 4.78 is 0. The molecule has 5 nitrogen and oxygen atoms in total. The average Bonchev–Trinajstić information content (AvgIpc) is 2.91. The van der Waals surface area contributed by atoms with Crippen molar-refractivity contribution in [3.63, 3.8) is 0 Å². The number of carbonyl (C=O) groups excluding carboxylic acids is 2. The molecule has 0 bridgehead atoms. The zero-order chi connectivity index (χ0) is 19.4. The van der Waals surface area contributed by atoms with Crippen LogP contribution in [0.15, 0.2) is 54.6 Å². The monoisotopic (exact) mass is 377 g/mol. The first-order chi connectivity index (χ1) is 13.6. The minimum absolute atomic E-state index is 0.0369. The molecule has 2 saturated heterocycles. The van der Waals surface area contributed by atoms with E-state index >= 15 is 0 Å². The van der Waals surface area contributed by atoms with Crippen LogP contribution >= 0.6 is 0 Å². The van der Waals surface area contributed by atoms with Gasteiger partial charge in [0.2, 0.25) is 5.91 Å². The van der Waals surface area contributed by atoms with Crippen LogP contribution in [-0.4, -0.2) is 36.5 Å². The number of amides is 3. The highest BCUT2D eigenvalue weighted by molar-refractivity contribution is 5.89. The SMILES string of the molecule is O=C1CCC2(CCN1)CCN(C(=O)Nc1ccc(-c3ccccc3)cc1)CC2. The molecule has 146 valence electrons. The molecule has 2 fully saturated rings. The van der Waals surface area contributed by atoms with Crippen LogP contribution in [0.2, 0.25) is 0 Å². The van der Waals surface area contributed by atoms with E-state index in [1.807, 2.05) is 47.4 Å². The number of piperidine rings is 1. The van der Waals surface area contributed by atoms with E-state index in [4.69, 9.17) is 0 Å². The molecule has 2 aromatic carbocycles. The Kier molecular flexibility index (Phi) is 5.33. The number of carbonyl (C=O) groups is 2. The number of hydrogen-bond acceptors (Lipinski definition) is 2. The number of nitrogens with zero attached hydrogens (tertiary/aromatic N) is 1. The molecule has 0 unspecified atom stereocenters. The van der Waals surface area contributed by atoms with Gasteiger partial charge >= 0.3 is 6.03 Å². The van der Waals surface area contributed by atoms with Crippen LogP contribution in [0.25, 0.3) is 11.1 Å². The topological polar surface area (TPSA) is 61.4 Å². The van der Waals surface area contributed by atoms with E-state index in [0.717, 1.165) is 62.1 Å². The van der Waals surface area contributed by atoms with Crippen molar-refractivity contribution in [3.05, 3.63) is 54.6 Å². The summed E-state index contributed by atoms with van der Waals surface area (Å²) in [6, 6.07) is 18.1. The second-order valence-electron chi connectivity index (χ2n) is 7.96. The summed E-state index contributed by atoms with van der Waals surface area (Å²) in [5.74, 6) is 0.163. The number of likely N-dealkylation sites (tertiary alicyclic amines) is 1. The van der Waals surface area contributed by atoms with Crippen molar-refractivity contribution in [1.82, 2.24) is 10.2 Å². The van der Waals surface area contributed by atoms with Gasteiger partial charge in [-0.15, -0.1) is 0 Å².